The molecule has 0 radical (unpaired) electrons. The number of hydrogen-bond acceptors (Lipinski definition) is 1. The van der Waals surface area contributed by atoms with Gasteiger partial charge in [-0.1, -0.05) is 36.9 Å². The molecule has 0 N–H and O–H groups in total. The van der Waals surface area contributed by atoms with E-state index in [-0.39, 0.29) is 6.10 Å². The first-order chi connectivity index (χ1) is 6.77. The zero-order chi connectivity index (χ0) is 10.4. The van der Waals surface area contributed by atoms with Gasteiger partial charge in [-0.2, -0.15) is 0 Å². The molecule has 0 aliphatic heterocycles. The minimum Gasteiger partial charge on any atom is -0.489 e. The Morgan fingerprint density at radius 1 is 1.36 bits per heavy atom. The molecule has 0 heterocycles. The van der Waals surface area contributed by atoms with Crippen LogP contribution in [0.5, 0.6) is 0 Å². The fourth-order valence-electron chi connectivity index (χ4n) is 1.08. The van der Waals surface area contributed by atoms with Crippen LogP contribution in [0.15, 0.2) is 55.5 Å². The minimum absolute atomic E-state index is 0.192. The van der Waals surface area contributed by atoms with Gasteiger partial charge in [-0.05, 0) is 17.7 Å². The highest BCUT2D eigenvalue weighted by atomic mass is 35.5. The molecule has 0 spiro atoms. The van der Waals surface area contributed by atoms with Crippen molar-refractivity contribution in [2.24, 2.45) is 0 Å². The molecular formula is C12H11ClO. The number of benzene rings is 1. The van der Waals surface area contributed by atoms with Gasteiger partial charge in [0.15, 0.2) is 0 Å². The standard InChI is InChI=1S/C12H11ClO/c1-3-5-12(14-4-2)10-6-8-11(13)9-7-10/h4-9,12H,1-2H2. The first-order valence-electron chi connectivity index (χ1n) is 4.15. The summed E-state index contributed by atoms with van der Waals surface area (Å²) in [4.78, 5) is 0. The zero-order valence-electron chi connectivity index (χ0n) is 7.74. The van der Waals surface area contributed by atoms with E-state index in [1.807, 2.05) is 24.3 Å². The quantitative estimate of drug-likeness (QED) is 0.537. The minimum atomic E-state index is -0.192. The first kappa shape index (κ1) is 10.6. The Bertz CT molecular complexity index is 347. The van der Waals surface area contributed by atoms with Crippen LogP contribution in [0, 0.1) is 0 Å². The molecule has 0 fully saturated rings. The Balaban J connectivity index is 2.92. The third-order valence-electron chi connectivity index (χ3n) is 1.71. The van der Waals surface area contributed by atoms with Gasteiger partial charge in [-0.25, -0.2) is 0 Å². The molecular weight excluding hydrogens is 196 g/mol. The van der Waals surface area contributed by atoms with Crippen LogP contribution in [0.2, 0.25) is 5.02 Å². The van der Waals surface area contributed by atoms with Crippen LogP contribution in [0.25, 0.3) is 0 Å². The number of hydrogen-bond donors (Lipinski definition) is 0. The normalized spacial score (nSPS) is 11.2. The van der Waals surface area contributed by atoms with E-state index in [0.717, 1.165) is 5.56 Å². The third kappa shape index (κ3) is 2.81. The topological polar surface area (TPSA) is 9.23 Å². The second kappa shape index (κ2) is 5.33. The van der Waals surface area contributed by atoms with Gasteiger partial charge < -0.3 is 4.74 Å². The smallest absolute Gasteiger partial charge is 0.148 e. The maximum absolute atomic E-state index is 5.77. The van der Waals surface area contributed by atoms with Crippen molar-refractivity contribution in [2.75, 3.05) is 0 Å². The van der Waals surface area contributed by atoms with Crippen molar-refractivity contribution in [2.45, 2.75) is 6.10 Å². The van der Waals surface area contributed by atoms with Gasteiger partial charge in [-0.15, -0.1) is 5.73 Å². The van der Waals surface area contributed by atoms with Crippen molar-refractivity contribution >= 4 is 11.6 Å². The second-order valence-electron chi connectivity index (χ2n) is 2.65. The summed E-state index contributed by atoms with van der Waals surface area (Å²) in [6, 6.07) is 7.41. The van der Waals surface area contributed by atoms with Gasteiger partial charge in [0.1, 0.15) is 6.10 Å². The van der Waals surface area contributed by atoms with E-state index in [9.17, 15) is 0 Å². The summed E-state index contributed by atoms with van der Waals surface area (Å²) in [5.74, 6) is 0. The van der Waals surface area contributed by atoms with Crippen LogP contribution in [-0.2, 0) is 4.74 Å². The van der Waals surface area contributed by atoms with Crippen molar-refractivity contribution in [1.82, 2.24) is 0 Å². The summed E-state index contributed by atoms with van der Waals surface area (Å²) in [7, 11) is 0. The molecule has 2 heteroatoms. The molecule has 0 saturated carbocycles. The van der Waals surface area contributed by atoms with E-state index < -0.39 is 0 Å². The summed E-state index contributed by atoms with van der Waals surface area (Å²) < 4.78 is 5.27. The van der Waals surface area contributed by atoms with Gasteiger partial charge in [-0.3, -0.25) is 0 Å². The van der Waals surface area contributed by atoms with E-state index in [1.165, 1.54) is 6.26 Å². The second-order valence-corrected chi connectivity index (χ2v) is 3.08. The predicted octanol–water partition coefficient (Wildman–Crippen LogP) is 3.88. The average Bonchev–Trinajstić information content (AvgIpc) is 2.19. The van der Waals surface area contributed by atoms with Gasteiger partial charge in [0, 0.05) is 11.1 Å². The predicted molar refractivity (Wildman–Crippen MR) is 59.2 cm³/mol. The highest BCUT2D eigenvalue weighted by molar-refractivity contribution is 6.30. The van der Waals surface area contributed by atoms with Crippen LogP contribution in [0.1, 0.15) is 11.7 Å². The summed E-state index contributed by atoms with van der Waals surface area (Å²) in [5, 5.41) is 0.702. The lowest BCUT2D eigenvalue weighted by atomic mass is 10.1. The molecule has 0 saturated heterocycles. The largest absolute Gasteiger partial charge is 0.489 e. The molecule has 1 nitrogen and oxygen atoms in total. The molecule has 0 bridgehead atoms. The van der Waals surface area contributed by atoms with Gasteiger partial charge in [0.2, 0.25) is 0 Å². The summed E-state index contributed by atoms with van der Waals surface area (Å²) in [5.41, 5.74) is 3.68. The lowest BCUT2D eigenvalue weighted by molar-refractivity contribution is 0.191. The maximum Gasteiger partial charge on any atom is 0.148 e. The van der Waals surface area contributed by atoms with Gasteiger partial charge >= 0.3 is 0 Å². The van der Waals surface area contributed by atoms with Crippen LogP contribution in [-0.4, -0.2) is 0 Å². The zero-order valence-corrected chi connectivity index (χ0v) is 8.50. The van der Waals surface area contributed by atoms with Crippen molar-refractivity contribution in [3.05, 3.63) is 66.1 Å². The van der Waals surface area contributed by atoms with Crippen LogP contribution in [0.3, 0.4) is 0 Å². The van der Waals surface area contributed by atoms with Crippen molar-refractivity contribution in [1.29, 1.82) is 0 Å². The molecule has 14 heavy (non-hydrogen) atoms. The summed E-state index contributed by atoms with van der Waals surface area (Å²) in [6.07, 6.45) is 2.93. The van der Waals surface area contributed by atoms with E-state index in [2.05, 4.69) is 18.9 Å². The molecule has 1 unspecified atom stereocenters. The molecule has 0 amide bonds. The van der Waals surface area contributed by atoms with Crippen LogP contribution in [0.4, 0.5) is 0 Å². The Hall–Kier alpha value is -1.43. The summed E-state index contributed by atoms with van der Waals surface area (Å²) >= 11 is 5.77. The molecule has 1 atom stereocenters. The lowest BCUT2D eigenvalue weighted by Gasteiger charge is -2.11. The molecule has 1 aromatic carbocycles. The maximum atomic E-state index is 5.77. The van der Waals surface area contributed by atoms with Crippen molar-refractivity contribution in [3.8, 4) is 0 Å². The van der Waals surface area contributed by atoms with Gasteiger partial charge in [0.05, 0.1) is 6.26 Å². The lowest BCUT2D eigenvalue weighted by Crippen LogP contribution is -1.95. The Morgan fingerprint density at radius 3 is 2.50 bits per heavy atom. The number of ether oxygens (including phenoxy) is 1. The highest BCUT2D eigenvalue weighted by Crippen LogP contribution is 2.20. The van der Waals surface area contributed by atoms with Crippen LogP contribution < -0.4 is 0 Å². The Kier molecular flexibility index (Phi) is 4.06. The Morgan fingerprint density at radius 2 is 2.00 bits per heavy atom. The molecule has 1 rings (SSSR count). The van der Waals surface area contributed by atoms with E-state index in [4.69, 9.17) is 16.3 Å². The Labute approximate surface area is 89.0 Å². The van der Waals surface area contributed by atoms with Crippen LogP contribution >= 0.6 is 11.6 Å². The highest BCUT2D eigenvalue weighted by Gasteiger charge is 2.06. The molecule has 1 aromatic rings. The fourth-order valence-corrected chi connectivity index (χ4v) is 1.20. The molecule has 0 aliphatic carbocycles. The summed E-state index contributed by atoms with van der Waals surface area (Å²) in [6.45, 7) is 7.01. The third-order valence-corrected chi connectivity index (χ3v) is 1.96. The van der Waals surface area contributed by atoms with E-state index >= 15 is 0 Å². The van der Waals surface area contributed by atoms with E-state index in [0.29, 0.717) is 5.02 Å². The van der Waals surface area contributed by atoms with Gasteiger partial charge in [0.25, 0.3) is 0 Å². The number of rotatable bonds is 4. The fraction of sp³-hybridized carbons (Fsp3) is 0.0833. The van der Waals surface area contributed by atoms with E-state index in [1.54, 1.807) is 6.08 Å². The van der Waals surface area contributed by atoms with Crippen molar-refractivity contribution in [3.63, 3.8) is 0 Å². The SMILES string of the molecule is C=C=CC(OC=C)c1ccc(Cl)cc1. The average molecular weight is 207 g/mol. The molecule has 0 aliphatic rings. The van der Waals surface area contributed by atoms with Crippen molar-refractivity contribution < 1.29 is 4.74 Å². The molecule has 72 valence electrons. The monoisotopic (exact) mass is 206 g/mol. The molecule has 0 aromatic heterocycles. The number of halogens is 1. The first-order valence-corrected chi connectivity index (χ1v) is 4.53.